The summed E-state index contributed by atoms with van der Waals surface area (Å²) >= 11 is 6.03. The lowest BCUT2D eigenvalue weighted by atomic mass is 9.79. The number of rotatable bonds is 7. The van der Waals surface area contributed by atoms with Crippen LogP contribution in [0.25, 0.3) is 0 Å². The summed E-state index contributed by atoms with van der Waals surface area (Å²) in [6, 6.07) is 0. The maximum atomic E-state index is 12.0. The Bertz CT molecular complexity index is 305. The van der Waals surface area contributed by atoms with Crippen LogP contribution >= 0.6 is 11.6 Å². The number of amides is 1. The first kappa shape index (κ1) is 16.1. The zero-order valence-electron chi connectivity index (χ0n) is 12.6. The highest BCUT2D eigenvalue weighted by atomic mass is 35.5. The number of nitrogens with one attached hydrogen (secondary N) is 1. The van der Waals surface area contributed by atoms with Crippen molar-refractivity contribution in [2.75, 3.05) is 19.0 Å². The van der Waals surface area contributed by atoms with Crippen LogP contribution in [0, 0.1) is 17.8 Å². The van der Waals surface area contributed by atoms with E-state index in [1.165, 1.54) is 25.7 Å². The van der Waals surface area contributed by atoms with Crippen molar-refractivity contribution in [2.45, 2.75) is 58.0 Å². The van der Waals surface area contributed by atoms with E-state index < -0.39 is 0 Å². The zero-order valence-corrected chi connectivity index (χ0v) is 13.3. The van der Waals surface area contributed by atoms with E-state index in [0.29, 0.717) is 30.3 Å². The minimum atomic E-state index is 0.212. The normalized spacial score (nSPS) is 33.5. The van der Waals surface area contributed by atoms with Crippen LogP contribution in [-0.4, -0.2) is 31.0 Å². The number of ether oxygens (including phenoxy) is 1. The Morgan fingerprint density at radius 3 is 2.60 bits per heavy atom. The molecule has 0 bridgehead atoms. The number of carbonyl (C=O) groups excluding carboxylic acids is 1. The summed E-state index contributed by atoms with van der Waals surface area (Å²) in [5.41, 5.74) is 0. The van der Waals surface area contributed by atoms with Gasteiger partial charge in [-0.1, -0.05) is 12.8 Å². The average Bonchev–Trinajstić information content (AvgIpc) is 2.43. The summed E-state index contributed by atoms with van der Waals surface area (Å²) in [7, 11) is 0. The molecule has 116 valence electrons. The third kappa shape index (κ3) is 4.63. The molecule has 3 nitrogen and oxygen atoms in total. The molecule has 0 aromatic rings. The molecular formula is C16H28ClNO2. The van der Waals surface area contributed by atoms with Crippen LogP contribution in [0.3, 0.4) is 0 Å². The Kier molecular flexibility index (Phi) is 6.63. The van der Waals surface area contributed by atoms with Gasteiger partial charge in [0, 0.05) is 25.5 Å². The van der Waals surface area contributed by atoms with E-state index in [2.05, 4.69) is 5.32 Å². The quantitative estimate of drug-likeness (QED) is 0.732. The average molecular weight is 302 g/mol. The molecule has 0 aliphatic heterocycles. The fraction of sp³-hybridized carbons (Fsp3) is 0.938. The van der Waals surface area contributed by atoms with Gasteiger partial charge in [0.2, 0.25) is 5.91 Å². The SMILES string of the molecule is CCOC1CC(CC(=O)NCC2CCCCC2CCl)C1. The van der Waals surface area contributed by atoms with Crippen molar-refractivity contribution in [3.05, 3.63) is 0 Å². The standard InChI is InChI=1S/C16H28ClNO2/c1-2-20-15-7-12(8-15)9-16(19)18-11-14-6-4-3-5-13(14)10-17/h12-15H,2-11H2,1H3,(H,18,19). The Morgan fingerprint density at radius 2 is 1.95 bits per heavy atom. The fourth-order valence-electron chi connectivity index (χ4n) is 3.55. The lowest BCUT2D eigenvalue weighted by Crippen LogP contribution is -2.38. The molecule has 1 amide bonds. The van der Waals surface area contributed by atoms with Crippen molar-refractivity contribution in [3.8, 4) is 0 Å². The van der Waals surface area contributed by atoms with Crippen molar-refractivity contribution in [2.24, 2.45) is 17.8 Å². The monoisotopic (exact) mass is 301 g/mol. The first-order valence-corrected chi connectivity index (χ1v) is 8.70. The molecule has 2 atom stereocenters. The van der Waals surface area contributed by atoms with Crippen molar-refractivity contribution in [1.82, 2.24) is 5.32 Å². The molecule has 20 heavy (non-hydrogen) atoms. The summed E-state index contributed by atoms with van der Waals surface area (Å²) in [4.78, 5) is 12.0. The summed E-state index contributed by atoms with van der Waals surface area (Å²) in [5.74, 6) is 2.66. The molecule has 2 unspecified atom stereocenters. The predicted molar refractivity (Wildman–Crippen MR) is 81.9 cm³/mol. The van der Waals surface area contributed by atoms with Gasteiger partial charge in [-0.3, -0.25) is 4.79 Å². The van der Waals surface area contributed by atoms with Crippen LogP contribution in [0.2, 0.25) is 0 Å². The Morgan fingerprint density at radius 1 is 1.25 bits per heavy atom. The summed E-state index contributed by atoms with van der Waals surface area (Å²) in [6.45, 7) is 3.63. The second-order valence-electron chi connectivity index (χ2n) is 6.38. The molecule has 2 aliphatic carbocycles. The predicted octanol–water partition coefficient (Wildman–Crippen LogP) is 3.35. The first-order chi connectivity index (χ1) is 9.72. The molecule has 2 fully saturated rings. The smallest absolute Gasteiger partial charge is 0.220 e. The second kappa shape index (κ2) is 8.23. The van der Waals surface area contributed by atoms with E-state index in [-0.39, 0.29) is 5.91 Å². The van der Waals surface area contributed by atoms with Crippen molar-refractivity contribution < 1.29 is 9.53 Å². The molecular weight excluding hydrogens is 274 g/mol. The Balaban J connectivity index is 1.60. The van der Waals surface area contributed by atoms with Gasteiger partial charge in [0.15, 0.2) is 0 Å². The molecule has 2 saturated carbocycles. The maximum absolute atomic E-state index is 12.0. The van der Waals surface area contributed by atoms with E-state index in [0.717, 1.165) is 31.9 Å². The molecule has 0 saturated heterocycles. The van der Waals surface area contributed by atoms with Crippen molar-refractivity contribution in [1.29, 1.82) is 0 Å². The minimum absolute atomic E-state index is 0.212. The van der Waals surface area contributed by atoms with E-state index >= 15 is 0 Å². The molecule has 0 aromatic carbocycles. The molecule has 0 spiro atoms. The second-order valence-corrected chi connectivity index (χ2v) is 6.69. The van der Waals surface area contributed by atoms with Gasteiger partial charge in [-0.05, 0) is 50.4 Å². The van der Waals surface area contributed by atoms with Gasteiger partial charge in [-0.15, -0.1) is 11.6 Å². The highest BCUT2D eigenvalue weighted by molar-refractivity contribution is 6.18. The van der Waals surface area contributed by atoms with E-state index in [1.54, 1.807) is 0 Å². The Hall–Kier alpha value is -0.280. The summed E-state index contributed by atoms with van der Waals surface area (Å²) in [6.07, 6.45) is 8.19. The van der Waals surface area contributed by atoms with Crippen LogP contribution in [0.4, 0.5) is 0 Å². The van der Waals surface area contributed by atoms with Gasteiger partial charge in [0.05, 0.1) is 6.10 Å². The molecule has 2 rings (SSSR count). The van der Waals surface area contributed by atoms with E-state index in [1.807, 2.05) is 6.92 Å². The van der Waals surface area contributed by atoms with Crippen LogP contribution in [-0.2, 0) is 9.53 Å². The first-order valence-electron chi connectivity index (χ1n) is 8.17. The van der Waals surface area contributed by atoms with Gasteiger partial charge < -0.3 is 10.1 Å². The lowest BCUT2D eigenvalue weighted by Gasteiger charge is -2.35. The van der Waals surface area contributed by atoms with Crippen molar-refractivity contribution in [3.63, 3.8) is 0 Å². The largest absolute Gasteiger partial charge is 0.378 e. The molecule has 4 heteroatoms. The fourth-order valence-corrected chi connectivity index (χ4v) is 3.95. The van der Waals surface area contributed by atoms with Gasteiger partial charge >= 0.3 is 0 Å². The highest BCUT2D eigenvalue weighted by Gasteiger charge is 2.31. The molecule has 0 aromatic heterocycles. The maximum Gasteiger partial charge on any atom is 0.220 e. The van der Waals surface area contributed by atoms with Crippen LogP contribution in [0.15, 0.2) is 0 Å². The van der Waals surface area contributed by atoms with Gasteiger partial charge in [0.25, 0.3) is 0 Å². The minimum Gasteiger partial charge on any atom is -0.378 e. The molecule has 0 heterocycles. The van der Waals surface area contributed by atoms with E-state index in [9.17, 15) is 4.79 Å². The number of carbonyl (C=O) groups is 1. The summed E-state index contributed by atoms with van der Waals surface area (Å²) < 4.78 is 5.53. The highest BCUT2D eigenvalue weighted by Crippen LogP contribution is 2.33. The Labute approximate surface area is 127 Å². The van der Waals surface area contributed by atoms with E-state index in [4.69, 9.17) is 16.3 Å². The van der Waals surface area contributed by atoms with Crippen LogP contribution in [0.1, 0.15) is 51.9 Å². The van der Waals surface area contributed by atoms with Crippen LogP contribution in [0.5, 0.6) is 0 Å². The third-order valence-corrected chi connectivity index (χ3v) is 5.29. The number of hydrogen-bond donors (Lipinski definition) is 1. The van der Waals surface area contributed by atoms with Gasteiger partial charge in [0.1, 0.15) is 0 Å². The van der Waals surface area contributed by atoms with Gasteiger partial charge in [-0.2, -0.15) is 0 Å². The number of halogens is 1. The molecule has 0 radical (unpaired) electrons. The van der Waals surface area contributed by atoms with Gasteiger partial charge in [-0.25, -0.2) is 0 Å². The summed E-state index contributed by atoms with van der Waals surface area (Å²) in [5, 5.41) is 3.12. The number of hydrogen-bond acceptors (Lipinski definition) is 2. The van der Waals surface area contributed by atoms with Crippen molar-refractivity contribution >= 4 is 17.5 Å². The molecule has 2 aliphatic rings. The number of alkyl halides is 1. The van der Waals surface area contributed by atoms with Crippen LogP contribution < -0.4 is 5.32 Å². The topological polar surface area (TPSA) is 38.3 Å². The third-order valence-electron chi connectivity index (χ3n) is 4.90. The lowest BCUT2D eigenvalue weighted by molar-refractivity contribution is -0.124. The zero-order chi connectivity index (χ0) is 14.4. The molecule has 1 N–H and O–H groups in total.